The molecule has 0 atom stereocenters. The van der Waals surface area contributed by atoms with Crippen molar-refractivity contribution in [1.29, 1.82) is 0 Å². The molecule has 0 fully saturated rings. The van der Waals surface area contributed by atoms with Gasteiger partial charge in [-0.3, -0.25) is 4.57 Å². The van der Waals surface area contributed by atoms with Crippen LogP contribution in [0.3, 0.4) is 0 Å². The van der Waals surface area contributed by atoms with Gasteiger partial charge in [0.1, 0.15) is 5.82 Å². The van der Waals surface area contributed by atoms with Gasteiger partial charge in [0, 0.05) is 9.80 Å². The number of aryl methyl sites for hydroxylation is 1. The molecule has 0 amide bonds. The molecule has 0 saturated carbocycles. The summed E-state index contributed by atoms with van der Waals surface area (Å²) >= 11 is 0. The number of hydrogen-bond acceptors (Lipinski definition) is 1. The van der Waals surface area contributed by atoms with Gasteiger partial charge in [-0.25, -0.2) is 4.98 Å². The monoisotopic (exact) mass is 547 g/mol. The summed E-state index contributed by atoms with van der Waals surface area (Å²) in [6.45, 7) is -2.60. The molecule has 1 aromatic heterocycles. The van der Waals surface area contributed by atoms with Crippen molar-refractivity contribution in [3.63, 3.8) is 0 Å². The van der Waals surface area contributed by atoms with Crippen molar-refractivity contribution in [2.24, 2.45) is 0 Å². The van der Waals surface area contributed by atoms with Gasteiger partial charge in [0.2, 0.25) is 0 Å². The summed E-state index contributed by atoms with van der Waals surface area (Å²) in [6.07, 6.45) is 0. The van der Waals surface area contributed by atoms with Gasteiger partial charge in [0.25, 0.3) is 0 Å². The van der Waals surface area contributed by atoms with Gasteiger partial charge in [-0.05, 0) is 86.0 Å². The third-order valence-electron chi connectivity index (χ3n) is 7.61. The fraction of sp³-hybridized carbons (Fsp3) is 0.0250. The maximum absolute atomic E-state index is 9.33. The molecule has 0 aliphatic heterocycles. The summed E-state index contributed by atoms with van der Waals surface area (Å²) < 4.78 is 98.8. The Hall–Kier alpha value is -5.47. The van der Waals surface area contributed by atoms with E-state index in [4.69, 9.17) is 9.60 Å². The molecule has 2 heteroatoms. The molecule has 198 valence electrons. The van der Waals surface area contributed by atoms with Crippen molar-refractivity contribution in [3.05, 3.63) is 157 Å². The van der Waals surface area contributed by atoms with Crippen LogP contribution in [0.25, 0.3) is 71.6 Å². The van der Waals surface area contributed by atoms with Crippen LogP contribution >= 0.6 is 0 Å². The Labute approximate surface area is 260 Å². The van der Waals surface area contributed by atoms with Crippen molar-refractivity contribution in [2.75, 3.05) is 0 Å². The molecule has 0 bridgehead atoms. The summed E-state index contributed by atoms with van der Waals surface area (Å²) in [7, 11) is 0. The number of hydrogen-bond donors (Lipinski definition) is 0. The lowest BCUT2D eigenvalue weighted by Crippen LogP contribution is -1.98. The average Bonchev–Trinajstić information content (AvgIpc) is 3.58. The van der Waals surface area contributed by atoms with Crippen molar-refractivity contribution >= 4 is 32.6 Å². The minimum atomic E-state index is -2.60. The molecule has 8 aromatic rings. The molecule has 0 spiro atoms. The normalized spacial score (nSPS) is 15.5. The Kier molecular flexibility index (Phi) is 3.64. The second-order valence-electron chi connectivity index (χ2n) is 9.97. The van der Waals surface area contributed by atoms with Gasteiger partial charge < -0.3 is 0 Å². The van der Waals surface area contributed by atoms with E-state index in [1.165, 1.54) is 4.57 Å². The van der Waals surface area contributed by atoms with Gasteiger partial charge in [-0.1, -0.05) is 127 Å². The van der Waals surface area contributed by atoms with Crippen LogP contribution in [0.1, 0.15) is 20.9 Å². The van der Waals surface area contributed by atoms with Crippen molar-refractivity contribution in [2.45, 2.75) is 6.85 Å². The fourth-order valence-electron chi connectivity index (χ4n) is 5.84. The predicted molar refractivity (Wildman–Crippen MR) is 177 cm³/mol. The first kappa shape index (κ1) is 15.5. The SMILES string of the molecule is [2H]c1c([2H])c([2H])c2c(-c3ccccc3-c3ccccc3)c3c([2H])c([2H])c([2H])c([2H])c3c(-c3cccc(-n4c(C([2H])([2H])[2H])nc5ccccc54)c3)c2c1[2H]. The number of aromatic nitrogens is 2. The van der Waals surface area contributed by atoms with E-state index in [1.54, 1.807) is 60.7 Å². The number of nitrogens with zero attached hydrogens (tertiary/aromatic N) is 2. The van der Waals surface area contributed by atoms with Crippen LogP contribution in [-0.4, -0.2) is 9.55 Å². The van der Waals surface area contributed by atoms with E-state index in [2.05, 4.69) is 4.98 Å². The largest absolute Gasteiger partial charge is 0.297 e. The van der Waals surface area contributed by atoms with Crippen LogP contribution in [0.5, 0.6) is 0 Å². The molecular formula is C40H28N2. The van der Waals surface area contributed by atoms with Gasteiger partial charge in [0.05, 0.1) is 22.0 Å². The van der Waals surface area contributed by atoms with Gasteiger partial charge in [0.15, 0.2) is 0 Å². The van der Waals surface area contributed by atoms with Crippen LogP contribution in [0.4, 0.5) is 0 Å². The van der Waals surface area contributed by atoms with Crippen LogP contribution in [0.15, 0.2) is 151 Å². The summed E-state index contributed by atoms with van der Waals surface area (Å²) in [6, 6.07) is 26.9. The number of imidazole rings is 1. The highest BCUT2D eigenvalue weighted by atomic mass is 15.1. The topological polar surface area (TPSA) is 17.8 Å². The lowest BCUT2D eigenvalue weighted by atomic mass is 9.84. The maximum atomic E-state index is 9.33. The first-order valence-corrected chi connectivity index (χ1v) is 13.5. The third kappa shape index (κ3) is 3.84. The van der Waals surface area contributed by atoms with Gasteiger partial charge in [-0.2, -0.15) is 0 Å². The number of benzene rings is 7. The standard InChI is InChI=1S/C40H28N2/c1-27-41-37-24-11-12-25-38(37)42(27)30-17-13-16-29(26-30)39-33-20-7-9-22-35(33)40(36-23-10-8-21-34(36)39)32-19-6-5-18-31(32)28-14-3-2-4-15-28/h2-26H,1H3/i1D3,7D,8D,9D,10D,20D,21D,22D,23D. The van der Waals surface area contributed by atoms with Gasteiger partial charge in [-0.15, -0.1) is 0 Å². The predicted octanol–water partition coefficient (Wildman–Crippen LogP) is 10.6. The molecule has 0 aliphatic rings. The molecular weight excluding hydrogens is 508 g/mol. The molecule has 0 radical (unpaired) electrons. The molecule has 7 aromatic carbocycles. The lowest BCUT2D eigenvalue weighted by Gasteiger charge is -2.20. The maximum Gasteiger partial charge on any atom is 0.111 e. The average molecular weight is 548 g/mol. The first-order chi connectivity index (χ1) is 25.3. The molecule has 0 saturated heterocycles. The highest BCUT2D eigenvalue weighted by molar-refractivity contribution is 6.22. The smallest absolute Gasteiger partial charge is 0.111 e. The Bertz CT molecular complexity index is 2730. The van der Waals surface area contributed by atoms with E-state index in [1.807, 2.05) is 42.5 Å². The lowest BCUT2D eigenvalue weighted by molar-refractivity contribution is 1.00. The minimum Gasteiger partial charge on any atom is -0.297 e. The summed E-state index contributed by atoms with van der Waals surface area (Å²) in [5.74, 6) is -0.178. The first-order valence-electron chi connectivity index (χ1n) is 19.0. The summed E-state index contributed by atoms with van der Waals surface area (Å²) in [5, 5.41) is 0.312. The zero-order valence-electron chi connectivity index (χ0n) is 33.2. The third-order valence-corrected chi connectivity index (χ3v) is 7.61. The molecule has 0 unspecified atom stereocenters. The molecule has 42 heavy (non-hydrogen) atoms. The fourth-order valence-corrected chi connectivity index (χ4v) is 5.84. The zero-order chi connectivity index (χ0) is 37.5. The summed E-state index contributed by atoms with van der Waals surface area (Å²) in [4.78, 5) is 4.43. The zero-order valence-corrected chi connectivity index (χ0v) is 22.2. The molecule has 0 aliphatic carbocycles. The Morgan fingerprint density at radius 2 is 1.17 bits per heavy atom. The molecule has 8 rings (SSSR count). The number of rotatable bonds is 4. The van der Waals surface area contributed by atoms with E-state index in [9.17, 15) is 5.48 Å². The van der Waals surface area contributed by atoms with E-state index in [0.717, 1.165) is 5.56 Å². The van der Waals surface area contributed by atoms with Crippen LogP contribution in [0.2, 0.25) is 0 Å². The van der Waals surface area contributed by atoms with E-state index < -0.39 is 31.0 Å². The number of para-hydroxylation sites is 2. The van der Waals surface area contributed by atoms with Crippen LogP contribution in [0, 0.1) is 6.85 Å². The van der Waals surface area contributed by atoms with E-state index in [0.29, 0.717) is 33.4 Å². The second-order valence-corrected chi connectivity index (χ2v) is 9.97. The second kappa shape index (κ2) is 9.87. The minimum absolute atomic E-state index is 0.0649. The quantitative estimate of drug-likeness (QED) is 0.200. The van der Waals surface area contributed by atoms with Crippen molar-refractivity contribution < 1.29 is 15.1 Å². The summed E-state index contributed by atoms with van der Waals surface area (Å²) in [5.41, 5.74) is 4.18. The highest BCUT2D eigenvalue weighted by Gasteiger charge is 2.19. The number of fused-ring (bicyclic) bond motifs is 3. The molecule has 0 N–H and O–H groups in total. The Morgan fingerprint density at radius 3 is 1.88 bits per heavy atom. The van der Waals surface area contributed by atoms with Crippen LogP contribution < -0.4 is 0 Å². The van der Waals surface area contributed by atoms with Crippen molar-refractivity contribution in [3.8, 4) is 39.1 Å². The molecule has 2 nitrogen and oxygen atoms in total. The highest BCUT2D eigenvalue weighted by Crippen LogP contribution is 2.46. The molecule has 1 heterocycles. The van der Waals surface area contributed by atoms with Crippen LogP contribution in [-0.2, 0) is 0 Å². The van der Waals surface area contributed by atoms with Gasteiger partial charge >= 0.3 is 0 Å². The van der Waals surface area contributed by atoms with E-state index in [-0.39, 0.29) is 62.7 Å². The van der Waals surface area contributed by atoms with E-state index >= 15 is 0 Å². The Morgan fingerprint density at radius 1 is 0.571 bits per heavy atom. The van der Waals surface area contributed by atoms with Crippen molar-refractivity contribution in [1.82, 2.24) is 9.55 Å². The Balaban J connectivity index is 1.60.